The van der Waals surface area contributed by atoms with Gasteiger partial charge in [-0.3, -0.25) is 0 Å². The molecule has 0 fully saturated rings. The summed E-state index contributed by atoms with van der Waals surface area (Å²) in [5.74, 6) is -0.364. The Labute approximate surface area is 105 Å². The molecule has 1 aromatic carbocycles. The van der Waals surface area contributed by atoms with Gasteiger partial charge in [0.25, 0.3) is 0 Å². The Bertz CT molecular complexity index is 379. The van der Waals surface area contributed by atoms with Crippen molar-refractivity contribution in [2.75, 3.05) is 0 Å². The number of hydrogen-bond acceptors (Lipinski definition) is 2. The van der Waals surface area contributed by atoms with E-state index in [4.69, 9.17) is 0 Å². The van der Waals surface area contributed by atoms with Crippen molar-refractivity contribution < 1.29 is 23.0 Å². The van der Waals surface area contributed by atoms with Crippen molar-refractivity contribution in [3.05, 3.63) is 23.8 Å². The SMILES string of the molecule is CC.CC(C)(C)c1cc(O)ccc1OC(F)(F)F. The number of hydrogen-bond donors (Lipinski definition) is 1. The maximum Gasteiger partial charge on any atom is 0.573 e. The number of aromatic hydroxyl groups is 1. The molecule has 1 rings (SSSR count). The quantitative estimate of drug-likeness (QED) is 0.802. The lowest BCUT2D eigenvalue weighted by atomic mass is 9.86. The molecule has 0 bridgehead atoms. The standard InChI is InChI=1S/C11H13F3O2.C2H6/c1-10(2,3)8-6-7(15)4-5-9(8)16-11(12,13)14;1-2/h4-6,15H,1-3H3;1-2H3. The van der Waals surface area contributed by atoms with Crippen LogP contribution in [0.15, 0.2) is 18.2 Å². The normalized spacial score (nSPS) is 11.6. The number of alkyl halides is 3. The van der Waals surface area contributed by atoms with Gasteiger partial charge in [-0.05, 0) is 23.6 Å². The summed E-state index contributed by atoms with van der Waals surface area (Å²) in [6, 6.07) is 3.56. The topological polar surface area (TPSA) is 29.5 Å². The van der Waals surface area contributed by atoms with E-state index in [1.165, 1.54) is 6.07 Å². The zero-order valence-corrected chi connectivity index (χ0v) is 11.2. The Morgan fingerprint density at radius 2 is 1.56 bits per heavy atom. The van der Waals surface area contributed by atoms with Gasteiger partial charge in [-0.25, -0.2) is 0 Å². The molecule has 5 heteroatoms. The lowest BCUT2D eigenvalue weighted by Gasteiger charge is -2.23. The third kappa shape index (κ3) is 5.29. The fourth-order valence-corrected chi connectivity index (χ4v) is 1.32. The van der Waals surface area contributed by atoms with E-state index in [1.807, 2.05) is 13.8 Å². The molecule has 2 nitrogen and oxygen atoms in total. The summed E-state index contributed by atoms with van der Waals surface area (Å²) in [6.45, 7) is 9.22. The molecule has 0 saturated carbocycles. The fraction of sp³-hybridized carbons (Fsp3) is 0.538. The molecule has 0 amide bonds. The molecule has 0 aliphatic heterocycles. The highest BCUT2D eigenvalue weighted by molar-refractivity contribution is 5.43. The molecule has 0 aromatic heterocycles. The van der Waals surface area contributed by atoms with Crippen molar-refractivity contribution in [2.45, 2.75) is 46.4 Å². The Morgan fingerprint density at radius 1 is 1.06 bits per heavy atom. The van der Waals surface area contributed by atoms with Gasteiger partial charge in [0.15, 0.2) is 0 Å². The van der Waals surface area contributed by atoms with Crippen LogP contribution in [-0.2, 0) is 5.41 Å². The van der Waals surface area contributed by atoms with Crippen LogP contribution >= 0.6 is 0 Å². The largest absolute Gasteiger partial charge is 0.573 e. The summed E-state index contributed by atoms with van der Waals surface area (Å²) in [5.41, 5.74) is -0.232. The van der Waals surface area contributed by atoms with Crippen molar-refractivity contribution in [2.24, 2.45) is 0 Å². The van der Waals surface area contributed by atoms with E-state index >= 15 is 0 Å². The number of phenols is 1. The molecule has 0 atom stereocenters. The molecule has 1 aromatic rings. The van der Waals surface area contributed by atoms with Gasteiger partial charge >= 0.3 is 6.36 Å². The van der Waals surface area contributed by atoms with Gasteiger partial charge in [0, 0.05) is 5.56 Å². The van der Waals surface area contributed by atoms with Crippen LogP contribution < -0.4 is 4.74 Å². The van der Waals surface area contributed by atoms with Crippen molar-refractivity contribution in [3.63, 3.8) is 0 Å². The third-order valence-electron chi connectivity index (χ3n) is 2.00. The van der Waals surface area contributed by atoms with Crippen molar-refractivity contribution in [3.8, 4) is 11.5 Å². The second-order valence-electron chi connectivity index (χ2n) is 4.48. The first kappa shape index (κ1) is 16.6. The first-order chi connectivity index (χ1) is 8.09. The highest BCUT2D eigenvalue weighted by Crippen LogP contribution is 2.36. The summed E-state index contributed by atoms with van der Waals surface area (Å²) in [4.78, 5) is 0. The molecule has 104 valence electrons. The van der Waals surface area contributed by atoms with Gasteiger partial charge in [-0.2, -0.15) is 0 Å². The van der Waals surface area contributed by atoms with Gasteiger partial charge in [-0.1, -0.05) is 34.6 Å². The number of halogens is 3. The number of benzene rings is 1. The van der Waals surface area contributed by atoms with Crippen molar-refractivity contribution in [1.82, 2.24) is 0 Å². The second kappa shape index (κ2) is 5.98. The van der Waals surface area contributed by atoms with Crippen LogP contribution in [0.1, 0.15) is 40.2 Å². The molecule has 0 spiro atoms. The average molecular weight is 264 g/mol. The molecule has 0 radical (unpaired) electrons. The zero-order valence-electron chi connectivity index (χ0n) is 11.2. The van der Waals surface area contributed by atoms with Crippen molar-refractivity contribution in [1.29, 1.82) is 0 Å². The van der Waals surface area contributed by atoms with Crippen LogP contribution in [0.2, 0.25) is 0 Å². The van der Waals surface area contributed by atoms with Crippen LogP contribution in [0, 0.1) is 0 Å². The predicted octanol–water partition coefficient (Wildman–Crippen LogP) is 4.61. The number of ether oxygens (including phenoxy) is 1. The maximum absolute atomic E-state index is 12.1. The molecule has 0 heterocycles. The summed E-state index contributed by atoms with van der Waals surface area (Å²) < 4.78 is 40.3. The maximum atomic E-state index is 12.1. The summed E-state index contributed by atoms with van der Waals surface area (Å²) in [5, 5.41) is 9.26. The number of rotatable bonds is 1. The van der Waals surface area contributed by atoms with Gasteiger partial charge in [-0.15, -0.1) is 13.2 Å². The van der Waals surface area contributed by atoms with Gasteiger partial charge < -0.3 is 9.84 Å². The van der Waals surface area contributed by atoms with Crippen LogP contribution in [0.3, 0.4) is 0 Å². The molecular formula is C13H19F3O2. The first-order valence-corrected chi connectivity index (χ1v) is 5.69. The molecule has 1 N–H and O–H groups in total. The lowest BCUT2D eigenvalue weighted by molar-refractivity contribution is -0.275. The van der Waals surface area contributed by atoms with E-state index in [-0.39, 0.29) is 11.5 Å². The minimum absolute atomic E-state index is 0.0838. The van der Waals surface area contributed by atoms with E-state index in [0.717, 1.165) is 12.1 Å². The second-order valence-corrected chi connectivity index (χ2v) is 4.48. The Kier molecular flexibility index (Phi) is 5.52. The highest BCUT2D eigenvalue weighted by Gasteiger charge is 2.33. The molecular weight excluding hydrogens is 245 g/mol. The fourth-order valence-electron chi connectivity index (χ4n) is 1.32. The summed E-state index contributed by atoms with van der Waals surface area (Å²) >= 11 is 0. The smallest absolute Gasteiger partial charge is 0.508 e. The van der Waals surface area contributed by atoms with E-state index in [2.05, 4.69) is 4.74 Å². The average Bonchev–Trinajstić information content (AvgIpc) is 2.20. The minimum Gasteiger partial charge on any atom is -0.508 e. The van der Waals surface area contributed by atoms with Crippen LogP contribution in [0.4, 0.5) is 13.2 Å². The minimum atomic E-state index is -4.73. The zero-order chi connectivity index (χ0) is 14.6. The molecule has 0 aliphatic rings. The Hall–Kier alpha value is -1.39. The number of phenolic OH excluding ortho intramolecular Hbond substituents is 1. The monoisotopic (exact) mass is 264 g/mol. The summed E-state index contributed by atoms with van der Waals surface area (Å²) in [7, 11) is 0. The van der Waals surface area contributed by atoms with Crippen LogP contribution in [0.25, 0.3) is 0 Å². The van der Waals surface area contributed by atoms with Gasteiger partial charge in [0.2, 0.25) is 0 Å². The molecule has 0 saturated heterocycles. The van der Waals surface area contributed by atoms with E-state index in [0.29, 0.717) is 5.56 Å². The lowest BCUT2D eigenvalue weighted by Crippen LogP contribution is -2.21. The summed E-state index contributed by atoms with van der Waals surface area (Å²) in [6.07, 6.45) is -4.73. The first-order valence-electron chi connectivity index (χ1n) is 5.69. The van der Waals surface area contributed by atoms with Crippen LogP contribution in [0.5, 0.6) is 11.5 Å². The van der Waals surface area contributed by atoms with E-state index in [1.54, 1.807) is 20.8 Å². The van der Waals surface area contributed by atoms with Gasteiger partial charge in [0.05, 0.1) is 0 Å². The third-order valence-corrected chi connectivity index (χ3v) is 2.00. The van der Waals surface area contributed by atoms with Gasteiger partial charge in [0.1, 0.15) is 11.5 Å². The van der Waals surface area contributed by atoms with Crippen LogP contribution in [-0.4, -0.2) is 11.5 Å². The van der Waals surface area contributed by atoms with E-state index in [9.17, 15) is 18.3 Å². The Morgan fingerprint density at radius 3 is 1.94 bits per heavy atom. The Balaban J connectivity index is 0.00000137. The molecule has 18 heavy (non-hydrogen) atoms. The highest BCUT2D eigenvalue weighted by atomic mass is 19.4. The molecule has 0 unspecified atom stereocenters. The predicted molar refractivity (Wildman–Crippen MR) is 64.8 cm³/mol. The molecule has 0 aliphatic carbocycles. The van der Waals surface area contributed by atoms with Crippen molar-refractivity contribution >= 4 is 0 Å². The van der Waals surface area contributed by atoms with E-state index < -0.39 is 11.8 Å².